The van der Waals surface area contributed by atoms with Crippen molar-refractivity contribution < 1.29 is 36.7 Å². The van der Waals surface area contributed by atoms with Crippen LogP contribution in [-0.2, 0) is 11.2 Å². The number of alkyl halides is 3. The summed E-state index contributed by atoms with van der Waals surface area (Å²) in [6.45, 7) is 1.65. The molecule has 3 aromatic carbocycles. The molecule has 1 fully saturated rings. The lowest BCUT2D eigenvalue weighted by molar-refractivity contribution is -0.274. The fraction of sp³-hybridized carbons (Fsp3) is 0.300. The zero-order chi connectivity index (χ0) is 28.9. The summed E-state index contributed by atoms with van der Waals surface area (Å²) in [6, 6.07) is 14.4. The van der Waals surface area contributed by atoms with E-state index in [0.717, 1.165) is 30.0 Å². The number of carbonyl (C=O) groups is 1. The first-order chi connectivity index (χ1) is 19.6. The zero-order valence-corrected chi connectivity index (χ0v) is 21.8. The molecular formula is C30H25F4N3O4. The molecule has 0 bridgehead atoms. The number of carboxylic acids is 1. The van der Waals surface area contributed by atoms with Gasteiger partial charge in [0.05, 0.1) is 11.5 Å². The van der Waals surface area contributed by atoms with Crippen molar-refractivity contribution in [2.45, 2.75) is 51.1 Å². The number of nitrogens with zero attached hydrogens (tertiary/aromatic N) is 2. The van der Waals surface area contributed by atoms with E-state index in [0.29, 0.717) is 24.0 Å². The maximum atomic E-state index is 15.3. The van der Waals surface area contributed by atoms with E-state index in [2.05, 4.69) is 20.2 Å². The Balaban J connectivity index is 1.21. The summed E-state index contributed by atoms with van der Waals surface area (Å²) in [4.78, 5) is 15.5. The standard InChI is InChI=1S/C30H25F4N3O4/c1-15-10-23(24(31)14-22(15)21-4-2-3-5-26(21)40-30(32,33)34)28-36-27(37-41-28)17-6-8-20-16(11-17)7-9-25(20)35-19-12-18(13-19)29(38)39/h2-6,8,10-11,14,18-19,25,35H,7,9,12-13H2,1H3,(H,38,39). The Morgan fingerprint density at radius 1 is 1.07 bits per heavy atom. The van der Waals surface area contributed by atoms with Crippen LogP contribution >= 0.6 is 0 Å². The Kier molecular flexibility index (Phi) is 6.77. The molecule has 212 valence electrons. The average Bonchev–Trinajstić information content (AvgIpc) is 3.53. The predicted octanol–water partition coefficient (Wildman–Crippen LogP) is 6.86. The van der Waals surface area contributed by atoms with Crippen LogP contribution in [-0.4, -0.2) is 33.6 Å². The van der Waals surface area contributed by atoms with Crippen molar-refractivity contribution in [2.75, 3.05) is 0 Å². The summed E-state index contributed by atoms with van der Waals surface area (Å²) in [5.41, 5.74) is 3.87. The number of hydrogen-bond donors (Lipinski definition) is 2. The zero-order valence-electron chi connectivity index (χ0n) is 21.8. The quantitative estimate of drug-likeness (QED) is 0.236. The smallest absolute Gasteiger partial charge is 0.481 e. The maximum Gasteiger partial charge on any atom is 0.573 e. The molecule has 11 heteroatoms. The number of para-hydroxylation sites is 1. The summed E-state index contributed by atoms with van der Waals surface area (Å²) in [7, 11) is 0. The average molecular weight is 568 g/mol. The van der Waals surface area contributed by atoms with Crippen molar-refractivity contribution >= 4 is 5.97 Å². The molecule has 2 aliphatic carbocycles. The van der Waals surface area contributed by atoms with Crippen molar-refractivity contribution in [2.24, 2.45) is 5.92 Å². The Morgan fingerprint density at radius 2 is 1.85 bits per heavy atom. The third kappa shape index (κ3) is 5.41. The van der Waals surface area contributed by atoms with Gasteiger partial charge in [-0.25, -0.2) is 4.39 Å². The lowest BCUT2D eigenvalue weighted by Gasteiger charge is -2.35. The van der Waals surface area contributed by atoms with Gasteiger partial charge in [-0.2, -0.15) is 4.98 Å². The lowest BCUT2D eigenvalue weighted by atomic mass is 9.80. The number of halogens is 4. The van der Waals surface area contributed by atoms with Gasteiger partial charge >= 0.3 is 12.3 Å². The van der Waals surface area contributed by atoms with Gasteiger partial charge in [0, 0.05) is 23.2 Å². The highest BCUT2D eigenvalue weighted by molar-refractivity contribution is 5.76. The van der Waals surface area contributed by atoms with Gasteiger partial charge in [0.25, 0.3) is 5.89 Å². The number of aliphatic carboxylic acids is 1. The van der Waals surface area contributed by atoms with E-state index in [1.54, 1.807) is 13.0 Å². The first kappa shape index (κ1) is 26.9. The molecule has 2 aliphatic rings. The molecule has 1 saturated carbocycles. The second-order valence-electron chi connectivity index (χ2n) is 10.5. The highest BCUT2D eigenvalue weighted by Gasteiger charge is 2.37. The molecular weight excluding hydrogens is 542 g/mol. The third-order valence-electron chi connectivity index (χ3n) is 7.78. The topological polar surface area (TPSA) is 97.5 Å². The van der Waals surface area contributed by atoms with Crippen LogP contribution < -0.4 is 10.1 Å². The number of aryl methyl sites for hydroxylation is 2. The second-order valence-corrected chi connectivity index (χ2v) is 10.5. The van der Waals surface area contributed by atoms with Gasteiger partial charge < -0.3 is 19.7 Å². The van der Waals surface area contributed by atoms with Crippen LogP contribution in [0.1, 0.15) is 42.0 Å². The third-order valence-corrected chi connectivity index (χ3v) is 7.78. The number of carboxylic acid groups (broad SMARTS) is 1. The van der Waals surface area contributed by atoms with Crippen LogP contribution in [0.3, 0.4) is 0 Å². The van der Waals surface area contributed by atoms with E-state index in [1.165, 1.54) is 24.3 Å². The molecule has 0 saturated heterocycles. The molecule has 0 spiro atoms. The van der Waals surface area contributed by atoms with Crippen LogP contribution in [0.2, 0.25) is 0 Å². The minimum atomic E-state index is -4.89. The van der Waals surface area contributed by atoms with Gasteiger partial charge in [-0.1, -0.05) is 35.5 Å². The maximum absolute atomic E-state index is 15.3. The first-order valence-corrected chi connectivity index (χ1v) is 13.2. The second kappa shape index (κ2) is 10.3. The summed E-state index contributed by atoms with van der Waals surface area (Å²) in [5.74, 6) is -1.94. The molecule has 2 N–H and O–H groups in total. The summed E-state index contributed by atoms with van der Waals surface area (Å²) >= 11 is 0. The fourth-order valence-electron chi connectivity index (χ4n) is 5.66. The van der Waals surface area contributed by atoms with Gasteiger partial charge in [0.1, 0.15) is 11.6 Å². The molecule has 0 amide bonds. The van der Waals surface area contributed by atoms with E-state index < -0.39 is 23.9 Å². The van der Waals surface area contributed by atoms with Gasteiger partial charge in [0.15, 0.2) is 0 Å². The van der Waals surface area contributed by atoms with Gasteiger partial charge in [-0.05, 0) is 79.1 Å². The highest BCUT2D eigenvalue weighted by atomic mass is 19.4. The Bertz CT molecular complexity index is 1630. The van der Waals surface area contributed by atoms with Gasteiger partial charge in [-0.3, -0.25) is 4.79 Å². The normalized spacial score (nSPS) is 20.0. The number of benzene rings is 3. The minimum absolute atomic E-state index is 0.0322. The van der Waals surface area contributed by atoms with Crippen molar-refractivity contribution in [1.29, 1.82) is 0 Å². The number of aromatic nitrogens is 2. The van der Waals surface area contributed by atoms with Crippen molar-refractivity contribution in [3.63, 3.8) is 0 Å². The summed E-state index contributed by atoms with van der Waals surface area (Å²) in [5, 5.41) is 16.7. The largest absolute Gasteiger partial charge is 0.573 e. The van der Waals surface area contributed by atoms with E-state index in [1.807, 2.05) is 18.2 Å². The van der Waals surface area contributed by atoms with E-state index in [4.69, 9.17) is 9.63 Å². The Hall–Kier alpha value is -4.25. The number of hydrogen-bond acceptors (Lipinski definition) is 6. The van der Waals surface area contributed by atoms with Crippen molar-refractivity contribution in [3.05, 3.63) is 77.1 Å². The number of nitrogens with one attached hydrogen (secondary N) is 1. The van der Waals surface area contributed by atoms with Crippen LogP contribution in [0.5, 0.6) is 5.75 Å². The highest BCUT2D eigenvalue weighted by Crippen LogP contribution is 2.39. The molecule has 0 radical (unpaired) electrons. The number of rotatable bonds is 7. The van der Waals surface area contributed by atoms with Crippen LogP contribution in [0.15, 0.2) is 59.1 Å². The van der Waals surface area contributed by atoms with E-state index in [-0.39, 0.29) is 46.4 Å². The van der Waals surface area contributed by atoms with Crippen LogP contribution in [0.4, 0.5) is 17.6 Å². The Labute approximate surface area is 232 Å². The number of ether oxygens (including phenoxy) is 1. The van der Waals surface area contributed by atoms with Crippen LogP contribution in [0.25, 0.3) is 34.0 Å². The Morgan fingerprint density at radius 3 is 2.61 bits per heavy atom. The van der Waals surface area contributed by atoms with Gasteiger partial charge in [-0.15, -0.1) is 13.2 Å². The first-order valence-electron chi connectivity index (χ1n) is 13.2. The van der Waals surface area contributed by atoms with Crippen molar-refractivity contribution in [3.8, 4) is 39.7 Å². The monoisotopic (exact) mass is 567 g/mol. The molecule has 7 nitrogen and oxygen atoms in total. The minimum Gasteiger partial charge on any atom is -0.481 e. The lowest BCUT2D eigenvalue weighted by Crippen LogP contribution is -2.45. The molecule has 1 atom stereocenters. The summed E-state index contributed by atoms with van der Waals surface area (Å²) in [6.07, 6.45) is -1.88. The molecule has 6 rings (SSSR count). The summed E-state index contributed by atoms with van der Waals surface area (Å²) < 4.78 is 63.5. The van der Waals surface area contributed by atoms with Crippen molar-refractivity contribution in [1.82, 2.24) is 15.5 Å². The molecule has 0 aliphatic heterocycles. The molecule has 1 unspecified atom stereocenters. The molecule has 1 aromatic heterocycles. The van der Waals surface area contributed by atoms with Gasteiger partial charge in [0.2, 0.25) is 5.82 Å². The van der Waals surface area contributed by atoms with Crippen LogP contribution in [0, 0.1) is 18.7 Å². The van der Waals surface area contributed by atoms with E-state index >= 15 is 4.39 Å². The SMILES string of the molecule is Cc1cc(-c2nc(-c3ccc4c(c3)CCC4NC3CC(C(=O)O)C3)no2)c(F)cc1-c1ccccc1OC(F)(F)F. The molecule has 4 aromatic rings. The molecule has 41 heavy (non-hydrogen) atoms. The predicted molar refractivity (Wildman–Crippen MR) is 140 cm³/mol. The fourth-order valence-corrected chi connectivity index (χ4v) is 5.66. The van der Waals surface area contributed by atoms with E-state index in [9.17, 15) is 18.0 Å². The molecule has 1 heterocycles. The number of fused-ring (bicyclic) bond motifs is 1.